The lowest BCUT2D eigenvalue weighted by atomic mass is 10.1. The molecule has 4 rings (SSSR count). The van der Waals surface area contributed by atoms with Gasteiger partial charge < -0.3 is 26.4 Å². The van der Waals surface area contributed by atoms with Gasteiger partial charge in [-0.3, -0.25) is 13.5 Å². The van der Waals surface area contributed by atoms with E-state index in [2.05, 4.69) is 15.0 Å². The number of nitrogen functional groups attached to an aromatic ring is 2. The van der Waals surface area contributed by atoms with Crippen LogP contribution in [0.3, 0.4) is 0 Å². The first-order valence-corrected chi connectivity index (χ1v) is 11.1. The van der Waals surface area contributed by atoms with E-state index in [1.807, 2.05) is 0 Å². The fourth-order valence-electron chi connectivity index (χ4n) is 3.24. The summed E-state index contributed by atoms with van der Waals surface area (Å²) in [4.78, 5) is 24.1. The van der Waals surface area contributed by atoms with Gasteiger partial charge in [0, 0.05) is 0 Å². The number of benzene rings is 1. The number of amides is 1. The minimum Gasteiger partial charge on any atom is -0.397 e. The van der Waals surface area contributed by atoms with Crippen molar-refractivity contribution in [1.29, 1.82) is 0 Å². The van der Waals surface area contributed by atoms with Crippen LogP contribution in [0.15, 0.2) is 30.9 Å². The Bertz CT molecular complexity index is 1320. The van der Waals surface area contributed by atoms with Gasteiger partial charge in [-0.2, -0.15) is 8.42 Å². The number of nitrogens with one attached hydrogen (secondary N) is 1. The number of aliphatic hydroxyl groups excluding tert-OH is 2. The SMILES string of the molecule is Nc1c(Cl)cccc1C(=O)NS(=O)(=O)OC[C@H]1O[C@@H](n2cnc3c(N)ncnc32)[C@H](O)[C@@H]1O. The Morgan fingerprint density at radius 3 is 2.76 bits per heavy atom. The molecule has 0 spiro atoms. The average Bonchev–Trinajstić information content (AvgIpc) is 3.31. The second-order valence-corrected chi connectivity index (χ2v) is 8.76. The predicted octanol–water partition coefficient (Wildman–Crippen LogP) is -1.05. The third-order valence-corrected chi connectivity index (χ3v) is 6.11. The molecule has 3 heterocycles. The van der Waals surface area contributed by atoms with Crippen molar-refractivity contribution < 1.29 is 32.3 Å². The Balaban J connectivity index is 1.44. The summed E-state index contributed by atoms with van der Waals surface area (Å²) in [6.45, 7) is -0.716. The zero-order chi connectivity index (χ0) is 23.9. The van der Waals surface area contributed by atoms with E-state index in [1.165, 1.54) is 35.4 Å². The molecular formula is C17H18ClN7O7S. The number of hydrogen-bond acceptors (Lipinski definition) is 12. The van der Waals surface area contributed by atoms with Gasteiger partial charge in [0.25, 0.3) is 5.91 Å². The molecule has 0 bridgehead atoms. The Morgan fingerprint density at radius 1 is 1.24 bits per heavy atom. The summed E-state index contributed by atoms with van der Waals surface area (Å²) in [6, 6.07) is 4.13. The maximum atomic E-state index is 12.2. The lowest BCUT2D eigenvalue weighted by Gasteiger charge is -2.16. The molecule has 3 aromatic rings. The van der Waals surface area contributed by atoms with E-state index in [-0.39, 0.29) is 33.3 Å². The van der Waals surface area contributed by atoms with Crippen molar-refractivity contribution in [2.45, 2.75) is 24.5 Å². The smallest absolute Gasteiger partial charge is 0.362 e. The second-order valence-electron chi connectivity index (χ2n) is 7.00. The van der Waals surface area contributed by atoms with E-state index < -0.39 is 47.4 Å². The van der Waals surface area contributed by atoms with E-state index in [0.717, 1.165) is 0 Å². The van der Waals surface area contributed by atoms with Crippen LogP contribution in [0.5, 0.6) is 0 Å². The molecule has 16 heteroatoms. The number of nitrogens with two attached hydrogens (primary N) is 2. The molecule has 1 fully saturated rings. The quantitative estimate of drug-likeness (QED) is 0.257. The van der Waals surface area contributed by atoms with E-state index in [1.54, 1.807) is 4.72 Å². The minimum absolute atomic E-state index is 0.0718. The summed E-state index contributed by atoms with van der Waals surface area (Å²) in [7, 11) is -4.63. The van der Waals surface area contributed by atoms with Crippen molar-refractivity contribution in [2.75, 3.05) is 18.1 Å². The molecule has 0 saturated carbocycles. The summed E-state index contributed by atoms with van der Waals surface area (Å²) in [5.74, 6) is -0.961. The number of anilines is 2. The molecule has 14 nitrogen and oxygen atoms in total. The van der Waals surface area contributed by atoms with Crippen LogP contribution < -0.4 is 16.2 Å². The highest BCUT2D eigenvalue weighted by Crippen LogP contribution is 2.32. The third kappa shape index (κ3) is 4.41. The molecule has 1 amide bonds. The van der Waals surface area contributed by atoms with E-state index >= 15 is 0 Å². The minimum atomic E-state index is -4.63. The fraction of sp³-hybridized carbons (Fsp3) is 0.294. The molecule has 33 heavy (non-hydrogen) atoms. The van der Waals surface area contributed by atoms with Crippen molar-refractivity contribution in [2.24, 2.45) is 0 Å². The largest absolute Gasteiger partial charge is 0.397 e. The van der Waals surface area contributed by atoms with Crippen molar-refractivity contribution in [3.63, 3.8) is 0 Å². The highest BCUT2D eigenvalue weighted by atomic mass is 35.5. The summed E-state index contributed by atoms with van der Waals surface area (Å²) in [5.41, 5.74) is 11.6. The van der Waals surface area contributed by atoms with Crippen LogP contribution in [-0.2, 0) is 19.2 Å². The number of aliphatic hydroxyl groups is 2. The van der Waals surface area contributed by atoms with Gasteiger partial charge in [0.05, 0.1) is 29.2 Å². The molecular weight excluding hydrogens is 482 g/mol. The monoisotopic (exact) mass is 499 g/mol. The first kappa shape index (κ1) is 23.1. The molecule has 1 saturated heterocycles. The summed E-state index contributed by atoms with van der Waals surface area (Å²) >= 11 is 5.83. The molecule has 0 radical (unpaired) electrons. The van der Waals surface area contributed by atoms with Gasteiger partial charge in [-0.05, 0) is 12.1 Å². The van der Waals surface area contributed by atoms with Gasteiger partial charge in [0.2, 0.25) is 0 Å². The lowest BCUT2D eigenvalue weighted by molar-refractivity contribution is -0.0468. The van der Waals surface area contributed by atoms with E-state index in [9.17, 15) is 23.4 Å². The number of aromatic nitrogens is 4. The highest BCUT2D eigenvalue weighted by Gasteiger charge is 2.45. The Labute approximate surface area is 191 Å². The lowest BCUT2D eigenvalue weighted by Crippen LogP contribution is -2.38. The molecule has 4 atom stereocenters. The van der Waals surface area contributed by atoms with E-state index in [0.29, 0.717) is 0 Å². The topological polar surface area (TPSA) is 218 Å². The number of imidazole rings is 1. The van der Waals surface area contributed by atoms with Crippen LogP contribution in [0.4, 0.5) is 11.5 Å². The highest BCUT2D eigenvalue weighted by molar-refractivity contribution is 7.85. The maximum Gasteiger partial charge on any atom is 0.362 e. The molecule has 0 aliphatic carbocycles. The van der Waals surface area contributed by atoms with Crippen molar-refractivity contribution in [3.8, 4) is 0 Å². The number of carbonyl (C=O) groups is 1. The number of nitrogens with zero attached hydrogens (tertiary/aromatic N) is 4. The molecule has 7 N–H and O–H groups in total. The molecule has 1 aliphatic heterocycles. The Morgan fingerprint density at radius 2 is 2.00 bits per heavy atom. The Kier molecular flexibility index (Phi) is 6.08. The number of para-hydroxylation sites is 1. The molecule has 1 aliphatic rings. The van der Waals surface area contributed by atoms with Crippen LogP contribution in [0.25, 0.3) is 11.2 Å². The van der Waals surface area contributed by atoms with Crippen LogP contribution in [0.2, 0.25) is 5.02 Å². The van der Waals surface area contributed by atoms with Crippen molar-refractivity contribution in [1.82, 2.24) is 24.2 Å². The van der Waals surface area contributed by atoms with Crippen LogP contribution >= 0.6 is 11.6 Å². The second kappa shape index (κ2) is 8.69. The predicted molar refractivity (Wildman–Crippen MR) is 114 cm³/mol. The first-order valence-electron chi connectivity index (χ1n) is 9.29. The Hall–Kier alpha value is -3.08. The normalized spacial score (nSPS) is 23.1. The molecule has 1 aromatic carbocycles. The zero-order valence-electron chi connectivity index (χ0n) is 16.6. The van der Waals surface area contributed by atoms with E-state index in [4.69, 9.17) is 32.0 Å². The number of fused-ring (bicyclic) bond motifs is 1. The van der Waals surface area contributed by atoms with Gasteiger partial charge in [-0.15, -0.1) is 0 Å². The van der Waals surface area contributed by atoms with Crippen LogP contribution in [0, 0.1) is 0 Å². The van der Waals surface area contributed by atoms with Crippen LogP contribution in [0.1, 0.15) is 16.6 Å². The van der Waals surface area contributed by atoms with Crippen LogP contribution in [-0.4, -0.2) is 69.0 Å². The number of halogens is 1. The van der Waals surface area contributed by atoms with Crippen molar-refractivity contribution >= 4 is 50.5 Å². The third-order valence-electron chi connectivity index (χ3n) is 4.90. The van der Waals surface area contributed by atoms with Crippen molar-refractivity contribution in [3.05, 3.63) is 41.4 Å². The number of ether oxygens (including phenoxy) is 1. The summed E-state index contributed by atoms with van der Waals surface area (Å²) in [5, 5.41) is 20.8. The summed E-state index contributed by atoms with van der Waals surface area (Å²) in [6.07, 6.45) is -2.97. The standard InChI is InChI=1S/C17H18ClN7O7S/c18-8-3-1-2-7(10(8)19)16(28)24-33(29,30)31-4-9-12(26)13(27)17(32-9)25-6-23-11-14(20)21-5-22-15(11)25/h1-3,5-6,9,12-13,17,26-27H,4,19H2,(H,24,28)(H2,20,21,22)/t9-,12-,13-,17-/m1/s1. The zero-order valence-corrected chi connectivity index (χ0v) is 18.1. The number of carbonyl (C=O) groups excluding carboxylic acids is 1. The maximum absolute atomic E-state index is 12.2. The number of hydrogen-bond donors (Lipinski definition) is 5. The van der Waals surface area contributed by atoms with Gasteiger partial charge in [0.1, 0.15) is 30.2 Å². The summed E-state index contributed by atoms with van der Waals surface area (Å²) < 4.78 is 37.8. The molecule has 176 valence electrons. The molecule has 2 aromatic heterocycles. The van der Waals surface area contributed by atoms with Gasteiger partial charge >= 0.3 is 10.3 Å². The van der Waals surface area contributed by atoms with Gasteiger partial charge in [0.15, 0.2) is 17.7 Å². The first-order chi connectivity index (χ1) is 15.6. The van der Waals surface area contributed by atoms with Gasteiger partial charge in [-0.25, -0.2) is 19.7 Å². The molecule has 0 unspecified atom stereocenters. The average molecular weight is 500 g/mol. The fourth-order valence-corrected chi connectivity index (χ4v) is 4.13. The van der Waals surface area contributed by atoms with Gasteiger partial charge in [-0.1, -0.05) is 17.7 Å². The number of rotatable bonds is 6.